The first-order valence-electron chi connectivity index (χ1n) is 6.46. The van der Waals surface area contributed by atoms with Gasteiger partial charge in [-0.1, -0.05) is 36.4 Å². The third-order valence-electron chi connectivity index (χ3n) is 3.10. The lowest BCUT2D eigenvalue weighted by atomic mass is 10.1. The van der Waals surface area contributed by atoms with Crippen molar-refractivity contribution in [2.24, 2.45) is 5.73 Å². The minimum absolute atomic E-state index is 0.145. The number of benzene rings is 2. The van der Waals surface area contributed by atoms with E-state index in [0.717, 1.165) is 11.1 Å². The molecule has 0 heterocycles. The molecule has 6 heteroatoms. The average molecular weight is 369 g/mol. The third-order valence-corrected chi connectivity index (χ3v) is 5.50. The summed E-state index contributed by atoms with van der Waals surface area (Å²) in [6, 6.07) is 14.1. The highest BCUT2D eigenvalue weighted by Crippen LogP contribution is 2.23. The van der Waals surface area contributed by atoms with Crippen LogP contribution in [0.15, 0.2) is 57.9 Å². The molecule has 3 N–H and O–H groups in total. The summed E-state index contributed by atoms with van der Waals surface area (Å²) >= 11 is 3.28. The maximum absolute atomic E-state index is 12.3. The van der Waals surface area contributed by atoms with Crippen LogP contribution in [0.3, 0.4) is 0 Å². The summed E-state index contributed by atoms with van der Waals surface area (Å²) in [5.41, 5.74) is 7.88. The first-order valence-corrected chi connectivity index (χ1v) is 8.74. The van der Waals surface area contributed by atoms with Crippen molar-refractivity contribution in [1.82, 2.24) is 4.72 Å². The molecule has 0 aliphatic carbocycles. The lowest BCUT2D eigenvalue weighted by molar-refractivity contribution is 0.572. The van der Waals surface area contributed by atoms with Crippen LogP contribution in [0.2, 0.25) is 0 Å². The molecule has 2 aromatic carbocycles. The van der Waals surface area contributed by atoms with Gasteiger partial charge in [-0.25, -0.2) is 13.1 Å². The van der Waals surface area contributed by atoms with E-state index in [-0.39, 0.29) is 17.5 Å². The predicted molar refractivity (Wildman–Crippen MR) is 87.4 cm³/mol. The van der Waals surface area contributed by atoms with E-state index in [1.807, 2.05) is 37.3 Å². The van der Waals surface area contributed by atoms with E-state index in [2.05, 4.69) is 20.7 Å². The number of hydrogen-bond acceptors (Lipinski definition) is 3. The van der Waals surface area contributed by atoms with Crippen molar-refractivity contribution in [3.8, 4) is 0 Å². The Balaban J connectivity index is 2.11. The molecule has 1 unspecified atom stereocenters. The van der Waals surface area contributed by atoms with Crippen LogP contribution in [0, 0.1) is 6.92 Å². The van der Waals surface area contributed by atoms with Crippen molar-refractivity contribution in [2.45, 2.75) is 17.9 Å². The van der Waals surface area contributed by atoms with Gasteiger partial charge in [-0.3, -0.25) is 0 Å². The monoisotopic (exact) mass is 368 g/mol. The number of aryl methyl sites for hydroxylation is 1. The summed E-state index contributed by atoms with van der Waals surface area (Å²) in [6.45, 7) is 2.05. The highest BCUT2D eigenvalue weighted by Gasteiger charge is 2.18. The van der Waals surface area contributed by atoms with Gasteiger partial charge < -0.3 is 5.73 Å². The second kappa shape index (κ2) is 6.70. The van der Waals surface area contributed by atoms with Crippen molar-refractivity contribution >= 4 is 26.0 Å². The van der Waals surface area contributed by atoms with E-state index in [9.17, 15) is 8.42 Å². The van der Waals surface area contributed by atoms with Crippen molar-refractivity contribution in [2.75, 3.05) is 6.54 Å². The normalized spacial score (nSPS) is 13.1. The molecule has 0 saturated heterocycles. The fraction of sp³-hybridized carbons (Fsp3) is 0.200. The first kappa shape index (κ1) is 16.2. The Hall–Kier alpha value is -1.21. The van der Waals surface area contributed by atoms with Crippen molar-refractivity contribution in [1.29, 1.82) is 0 Å². The van der Waals surface area contributed by atoms with Gasteiger partial charge in [0.05, 0.1) is 4.90 Å². The summed E-state index contributed by atoms with van der Waals surface area (Å²) < 4.78 is 27.7. The number of nitrogens with two attached hydrogens (primary N) is 1. The van der Waals surface area contributed by atoms with Crippen molar-refractivity contribution < 1.29 is 8.42 Å². The minimum Gasteiger partial charge on any atom is -0.323 e. The van der Waals surface area contributed by atoms with Gasteiger partial charge in [-0.15, -0.1) is 0 Å². The van der Waals surface area contributed by atoms with Crippen LogP contribution >= 0.6 is 15.9 Å². The van der Waals surface area contributed by atoms with E-state index in [1.165, 1.54) is 0 Å². The molecule has 0 spiro atoms. The SMILES string of the molecule is Cc1ccc(S(=O)(=O)NCC(N)c2ccccc2)c(Br)c1. The zero-order chi connectivity index (χ0) is 15.5. The smallest absolute Gasteiger partial charge is 0.241 e. The lowest BCUT2D eigenvalue weighted by Crippen LogP contribution is -2.32. The topological polar surface area (TPSA) is 72.2 Å². The Bertz CT molecular complexity index is 718. The maximum atomic E-state index is 12.3. The van der Waals surface area contributed by atoms with E-state index >= 15 is 0 Å². The Labute approximate surface area is 133 Å². The van der Waals surface area contributed by atoms with Crippen LogP contribution in [0.5, 0.6) is 0 Å². The van der Waals surface area contributed by atoms with Gasteiger partial charge >= 0.3 is 0 Å². The summed E-state index contributed by atoms with van der Waals surface area (Å²) in [6.07, 6.45) is 0. The fourth-order valence-corrected chi connectivity index (χ4v) is 4.17. The summed E-state index contributed by atoms with van der Waals surface area (Å²) in [5, 5.41) is 0. The fourth-order valence-electron chi connectivity index (χ4n) is 1.92. The number of halogens is 1. The largest absolute Gasteiger partial charge is 0.323 e. The van der Waals surface area contributed by atoms with Gasteiger partial charge in [0.25, 0.3) is 0 Å². The standard InChI is InChI=1S/C15H17BrN2O2S/c1-11-7-8-15(13(16)9-11)21(19,20)18-10-14(17)12-5-3-2-4-6-12/h2-9,14,18H,10,17H2,1H3. The summed E-state index contributed by atoms with van der Waals surface area (Å²) in [7, 11) is -3.59. The van der Waals surface area contributed by atoms with Gasteiger partial charge in [-0.05, 0) is 46.1 Å². The van der Waals surface area contributed by atoms with Gasteiger partial charge in [-0.2, -0.15) is 0 Å². The minimum atomic E-state index is -3.59. The molecule has 21 heavy (non-hydrogen) atoms. The van der Waals surface area contributed by atoms with Gasteiger partial charge in [0.15, 0.2) is 0 Å². The molecule has 2 rings (SSSR count). The van der Waals surface area contributed by atoms with Crippen LogP contribution < -0.4 is 10.5 Å². The van der Waals surface area contributed by atoms with Crippen molar-refractivity contribution in [3.63, 3.8) is 0 Å². The molecule has 0 saturated carbocycles. The molecule has 0 amide bonds. The Morgan fingerprint density at radius 3 is 2.48 bits per heavy atom. The van der Waals surface area contributed by atoms with E-state index in [4.69, 9.17) is 5.73 Å². The number of nitrogens with one attached hydrogen (secondary N) is 1. The Morgan fingerprint density at radius 1 is 1.19 bits per heavy atom. The summed E-state index contributed by atoms with van der Waals surface area (Å²) in [4.78, 5) is 0.216. The molecule has 4 nitrogen and oxygen atoms in total. The number of hydrogen-bond donors (Lipinski definition) is 2. The molecule has 1 atom stereocenters. The van der Waals surface area contributed by atoms with E-state index in [1.54, 1.807) is 18.2 Å². The zero-order valence-corrected chi connectivity index (χ0v) is 14.0. The third kappa shape index (κ3) is 4.14. The van der Waals surface area contributed by atoms with Crippen LogP contribution in [0.1, 0.15) is 17.2 Å². The van der Waals surface area contributed by atoms with Crippen LogP contribution in [-0.4, -0.2) is 15.0 Å². The molecule has 0 bridgehead atoms. The second-order valence-corrected chi connectivity index (χ2v) is 7.39. The van der Waals surface area contributed by atoms with E-state index in [0.29, 0.717) is 4.47 Å². The maximum Gasteiger partial charge on any atom is 0.241 e. The highest BCUT2D eigenvalue weighted by molar-refractivity contribution is 9.10. The van der Waals surface area contributed by atoms with E-state index < -0.39 is 10.0 Å². The average Bonchev–Trinajstić information content (AvgIpc) is 2.45. The number of rotatable bonds is 5. The van der Waals surface area contributed by atoms with Crippen LogP contribution in [0.4, 0.5) is 0 Å². The number of sulfonamides is 1. The first-order chi connectivity index (χ1) is 9.90. The lowest BCUT2D eigenvalue weighted by Gasteiger charge is -2.14. The zero-order valence-electron chi connectivity index (χ0n) is 11.6. The molecule has 0 aliphatic rings. The Kier molecular flexibility index (Phi) is 5.16. The summed E-state index contributed by atoms with van der Waals surface area (Å²) in [5.74, 6) is 0. The molecule has 0 aliphatic heterocycles. The molecule has 0 fully saturated rings. The molecular weight excluding hydrogens is 352 g/mol. The Morgan fingerprint density at radius 2 is 1.86 bits per heavy atom. The van der Waals surface area contributed by atoms with Crippen LogP contribution in [-0.2, 0) is 10.0 Å². The van der Waals surface area contributed by atoms with Gasteiger partial charge in [0.1, 0.15) is 0 Å². The van der Waals surface area contributed by atoms with Crippen molar-refractivity contribution in [3.05, 3.63) is 64.1 Å². The molecule has 2 aromatic rings. The van der Waals surface area contributed by atoms with Gasteiger partial charge in [0.2, 0.25) is 10.0 Å². The molecule has 112 valence electrons. The molecular formula is C15H17BrN2O2S. The molecule has 0 radical (unpaired) electrons. The molecule has 0 aromatic heterocycles. The quantitative estimate of drug-likeness (QED) is 0.851. The van der Waals surface area contributed by atoms with Gasteiger partial charge in [0, 0.05) is 17.1 Å². The predicted octanol–water partition coefficient (Wildman–Crippen LogP) is 2.74. The highest BCUT2D eigenvalue weighted by atomic mass is 79.9. The van der Waals surface area contributed by atoms with Crippen LogP contribution in [0.25, 0.3) is 0 Å². The second-order valence-electron chi connectivity index (χ2n) is 4.80.